The highest BCUT2D eigenvalue weighted by molar-refractivity contribution is 7.07. The summed E-state index contributed by atoms with van der Waals surface area (Å²) in [5, 5.41) is 2.08. The van der Waals surface area contributed by atoms with Crippen molar-refractivity contribution in [2.75, 3.05) is 5.88 Å². The molecule has 0 aliphatic heterocycles. The minimum atomic E-state index is 0.655. The summed E-state index contributed by atoms with van der Waals surface area (Å²) in [5.41, 5.74) is 4.32. The van der Waals surface area contributed by atoms with Crippen LogP contribution in [0.5, 0.6) is 0 Å². The third-order valence-electron chi connectivity index (χ3n) is 3.07. The Bertz CT molecular complexity index is 312. The van der Waals surface area contributed by atoms with Crippen molar-refractivity contribution in [2.45, 2.75) is 32.1 Å². The largest absolute Gasteiger partial charge is 0.245 e. The van der Waals surface area contributed by atoms with Crippen LogP contribution in [0.1, 0.15) is 37.8 Å². The molecule has 0 unspecified atom stereocenters. The molecule has 0 saturated heterocycles. The maximum atomic E-state index is 6.03. The van der Waals surface area contributed by atoms with Crippen LogP contribution in [-0.4, -0.2) is 10.9 Å². The van der Waals surface area contributed by atoms with E-state index in [4.69, 9.17) is 11.6 Å². The fourth-order valence-electron chi connectivity index (χ4n) is 2.22. The van der Waals surface area contributed by atoms with Gasteiger partial charge in [0.25, 0.3) is 0 Å². The highest BCUT2D eigenvalue weighted by atomic mass is 35.5. The average molecular weight is 242 g/mol. The molecule has 3 heteroatoms. The lowest BCUT2D eigenvalue weighted by Crippen LogP contribution is -2.10. The third-order valence-corrected chi connectivity index (χ3v) is 3.98. The first-order chi connectivity index (χ1) is 7.40. The van der Waals surface area contributed by atoms with E-state index in [1.165, 1.54) is 37.7 Å². The van der Waals surface area contributed by atoms with Crippen molar-refractivity contribution in [1.29, 1.82) is 0 Å². The highest BCUT2D eigenvalue weighted by Crippen LogP contribution is 2.31. The zero-order valence-electron chi connectivity index (χ0n) is 8.79. The van der Waals surface area contributed by atoms with Crippen LogP contribution in [0.4, 0.5) is 0 Å². The van der Waals surface area contributed by atoms with E-state index in [-0.39, 0.29) is 0 Å². The summed E-state index contributed by atoms with van der Waals surface area (Å²) in [6, 6.07) is 0. The van der Waals surface area contributed by atoms with Crippen molar-refractivity contribution < 1.29 is 0 Å². The molecule has 82 valence electrons. The van der Waals surface area contributed by atoms with Gasteiger partial charge in [-0.25, -0.2) is 4.98 Å². The van der Waals surface area contributed by atoms with Crippen LogP contribution < -0.4 is 0 Å². The van der Waals surface area contributed by atoms with Crippen LogP contribution >= 0.6 is 22.9 Å². The molecule has 0 amide bonds. The van der Waals surface area contributed by atoms with Gasteiger partial charge >= 0.3 is 0 Å². The van der Waals surface area contributed by atoms with Crippen molar-refractivity contribution in [1.82, 2.24) is 4.98 Å². The lowest BCUT2D eigenvalue weighted by molar-refractivity contribution is 0.405. The lowest BCUT2D eigenvalue weighted by Gasteiger charge is -2.23. The van der Waals surface area contributed by atoms with Gasteiger partial charge in [0.1, 0.15) is 0 Å². The Morgan fingerprint density at radius 2 is 2.27 bits per heavy atom. The zero-order chi connectivity index (χ0) is 10.5. The van der Waals surface area contributed by atoms with Crippen molar-refractivity contribution in [3.8, 4) is 0 Å². The summed E-state index contributed by atoms with van der Waals surface area (Å²) in [4.78, 5) is 4.28. The monoisotopic (exact) mass is 241 g/mol. The topological polar surface area (TPSA) is 12.9 Å². The van der Waals surface area contributed by atoms with E-state index in [9.17, 15) is 0 Å². The first-order valence-corrected chi connectivity index (χ1v) is 7.02. The smallest absolute Gasteiger partial charge is 0.0798 e. The maximum absolute atomic E-state index is 6.03. The van der Waals surface area contributed by atoms with Crippen LogP contribution in [0.15, 0.2) is 16.5 Å². The summed E-state index contributed by atoms with van der Waals surface area (Å²) in [6.45, 7) is 0. The number of hydrogen-bond donors (Lipinski definition) is 0. The molecule has 1 aromatic heterocycles. The van der Waals surface area contributed by atoms with Crippen molar-refractivity contribution in [3.63, 3.8) is 0 Å². The molecule has 1 nitrogen and oxygen atoms in total. The Kier molecular flexibility index (Phi) is 4.21. The van der Waals surface area contributed by atoms with Gasteiger partial charge in [0.2, 0.25) is 0 Å². The fraction of sp³-hybridized carbons (Fsp3) is 0.583. The Balaban J connectivity index is 2.08. The Hall–Kier alpha value is -0.340. The number of nitrogens with zero attached hydrogens (tertiary/aromatic N) is 1. The predicted octanol–water partition coefficient (Wildman–Crippen LogP) is 4.35. The fourth-order valence-corrected chi connectivity index (χ4v) is 3.03. The summed E-state index contributed by atoms with van der Waals surface area (Å²) in [5.74, 6) is 1.36. The minimum Gasteiger partial charge on any atom is -0.245 e. The van der Waals surface area contributed by atoms with Gasteiger partial charge in [0.05, 0.1) is 11.2 Å². The van der Waals surface area contributed by atoms with E-state index in [1.54, 1.807) is 11.3 Å². The van der Waals surface area contributed by atoms with E-state index < -0.39 is 0 Å². The third kappa shape index (κ3) is 3.05. The number of aromatic nitrogens is 1. The summed E-state index contributed by atoms with van der Waals surface area (Å²) in [7, 11) is 0. The molecular formula is C12H16ClNS. The van der Waals surface area contributed by atoms with Crippen LogP contribution in [0.2, 0.25) is 0 Å². The predicted molar refractivity (Wildman–Crippen MR) is 67.4 cm³/mol. The summed E-state index contributed by atoms with van der Waals surface area (Å²) in [6.07, 6.45) is 8.90. The Morgan fingerprint density at radius 1 is 1.47 bits per heavy atom. The number of allylic oxidation sites excluding steroid dienone is 1. The standard InChI is InChI=1S/C12H16ClNS/c13-7-11(6-12-8-15-9-14-12)10-4-2-1-3-5-10/h6,8-10H,1-5,7H2. The molecule has 1 fully saturated rings. The van der Waals surface area contributed by atoms with Gasteiger partial charge in [0.15, 0.2) is 0 Å². The second-order valence-corrected chi connectivity index (χ2v) is 5.09. The van der Waals surface area contributed by atoms with Crippen LogP contribution in [0.3, 0.4) is 0 Å². The molecule has 1 saturated carbocycles. The van der Waals surface area contributed by atoms with E-state index in [2.05, 4.69) is 16.4 Å². The molecule has 0 bridgehead atoms. The average Bonchev–Trinajstić information content (AvgIpc) is 2.80. The number of alkyl halides is 1. The zero-order valence-corrected chi connectivity index (χ0v) is 10.4. The molecule has 2 rings (SSSR count). The summed E-state index contributed by atoms with van der Waals surface area (Å²) < 4.78 is 0. The molecular weight excluding hydrogens is 226 g/mol. The molecule has 1 heterocycles. The first-order valence-electron chi connectivity index (χ1n) is 5.55. The summed E-state index contributed by atoms with van der Waals surface area (Å²) >= 11 is 7.67. The quantitative estimate of drug-likeness (QED) is 0.718. The molecule has 1 aliphatic rings. The lowest BCUT2D eigenvalue weighted by atomic mass is 9.84. The van der Waals surface area contributed by atoms with Crippen LogP contribution in [0.25, 0.3) is 6.08 Å². The molecule has 0 atom stereocenters. The van der Waals surface area contributed by atoms with Gasteiger partial charge in [0, 0.05) is 11.3 Å². The van der Waals surface area contributed by atoms with Gasteiger partial charge in [-0.05, 0) is 24.8 Å². The maximum Gasteiger partial charge on any atom is 0.0798 e. The van der Waals surface area contributed by atoms with E-state index in [0.717, 1.165) is 5.69 Å². The van der Waals surface area contributed by atoms with Crippen molar-refractivity contribution >= 4 is 29.0 Å². The molecule has 15 heavy (non-hydrogen) atoms. The number of halogens is 1. The van der Waals surface area contributed by atoms with Gasteiger partial charge in [-0.15, -0.1) is 22.9 Å². The second-order valence-electron chi connectivity index (χ2n) is 4.10. The Morgan fingerprint density at radius 3 is 2.87 bits per heavy atom. The molecule has 1 aliphatic carbocycles. The SMILES string of the molecule is ClCC(=Cc1cscn1)C1CCCCC1. The van der Waals surface area contributed by atoms with Gasteiger partial charge in [-0.1, -0.05) is 24.8 Å². The second kappa shape index (κ2) is 5.66. The van der Waals surface area contributed by atoms with Crippen molar-refractivity contribution in [3.05, 3.63) is 22.2 Å². The first kappa shape index (κ1) is 11.2. The van der Waals surface area contributed by atoms with Gasteiger partial charge in [-0.3, -0.25) is 0 Å². The molecule has 0 N–H and O–H groups in total. The van der Waals surface area contributed by atoms with E-state index >= 15 is 0 Å². The molecule has 0 aromatic carbocycles. The molecule has 0 radical (unpaired) electrons. The van der Waals surface area contributed by atoms with Crippen LogP contribution in [-0.2, 0) is 0 Å². The normalized spacial score (nSPS) is 19.4. The van der Waals surface area contributed by atoms with Gasteiger partial charge < -0.3 is 0 Å². The van der Waals surface area contributed by atoms with Crippen molar-refractivity contribution in [2.24, 2.45) is 5.92 Å². The highest BCUT2D eigenvalue weighted by Gasteiger charge is 2.17. The van der Waals surface area contributed by atoms with Crippen LogP contribution in [0, 0.1) is 5.92 Å². The van der Waals surface area contributed by atoms with E-state index in [1.807, 2.05) is 5.51 Å². The molecule has 1 aromatic rings. The number of rotatable bonds is 3. The number of thiazole rings is 1. The Labute approximate surface area is 100 Å². The van der Waals surface area contributed by atoms with Gasteiger partial charge in [-0.2, -0.15) is 0 Å². The minimum absolute atomic E-state index is 0.655. The number of hydrogen-bond acceptors (Lipinski definition) is 2. The molecule has 0 spiro atoms. The van der Waals surface area contributed by atoms with E-state index in [0.29, 0.717) is 11.8 Å².